The van der Waals surface area contributed by atoms with Gasteiger partial charge in [0.1, 0.15) is 5.82 Å². The van der Waals surface area contributed by atoms with Crippen molar-refractivity contribution in [3.63, 3.8) is 0 Å². The van der Waals surface area contributed by atoms with Gasteiger partial charge in [0.15, 0.2) is 0 Å². The number of nitrogens with zero attached hydrogens (tertiary/aromatic N) is 3. The van der Waals surface area contributed by atoms with E-state index in [0.717, 1.165) is 33.5 Å². The maximum Gasteiger partial charge on any atom is 0.128 e. The van der Waals surface area contributed by atoms with Gasteiger partial charge < -0.3 is 4.57 Å². The molecule has 4 rings (SSSR count). The van der Waals surface area contributed by atoms with Crippen molar-refractivity contribution in [3.05, 3.63) is 83.6 Å². The van der Waals surface area contributed by atoms with Crippen molar-refractivity contribution in [1.82, 2.24) is 14.5 Å². The zero-order valence-electron chi connectivity index (χ0n) is 14.2. The monoisotopic (exact) mass is 331 g/mol. The van der Waals surface area contributed by atoms with Gasteiger partial charge in [0.2, 0.25) is 0 Å². The SMILES string of the molecule is Cc1cccc(-c2ccc(Cn3cc(C)c4ncccc43)c(F)c2)n1. The van der Waals surface area contributed by atoms with E-state index in [2.05, 4.69) is 9.97 Å². The predicted octanol–water partition coefficient (Wildman–Crippen LogP) is 4.90. The van der Waals surface area contributed by atoms with E-state index in [1.807, 2.05) is 67.1 Å². The van der Waals surface area contributed by atoms with Crippen LogP contribution in [0.5, 0.6) is 0 Å². The van der Waals surface area contributed by atoms with Crippen LogP contribution in [-0.2, 0) is 6.54 Å². The van der Waals surface area contributed by atoms with Crippen LogP contribution in [0.1, 0.15) is 16.8 Å². The van der Waals surface area contributed by atoms with E-state index >= 15 is 0 Å². The lowest BCUT2D eigenvalue weighted by atomic mass is 10.1. The number of benzene rings is 1. The number of aromatic nitrogens is 3. The number of fused-ring (bicyclic) bond motifs is 1. The topological polar surface area (TPSA) is 30.7 Å². The molecular weight excluding hydrogens is 313 g/mol. The first-order chi connectivity index (χ1) is 12.1. The van der Waals surface area contributed by atoms with Crippen molar-refractivity contribution in [2.75, 3.05) is 0 Å². The minimum Gasteiger partial charge on any atom is -0.341 e. The van der Waals surface area contributed by atoms with Gasteiger partial charge in [0, 0.05) is 29.2 Å². The van der Waals surface area contributed by atoms with Crippen LogP contribution in [0.2, 0.25) is 0 Å². The Hall–Kier alpha value is -3.01. The highest BCUT2D eigenvalue weighted by Crippen LogP contribution is 2.23. The van der Waals surface area contributed by atoms with Crippen LogP contribution in [0.25, 0.3) is 22.3 Å². The lowest BCUT2D eigenvalue weighted by molar-refractivity contribution is 0.602. The molecule has 0 atom stereocenters. The van der Waals surface area contributed by atoms with Crippen molar-refractivity contribution in [2.24, 2.45) is 0 Å². The van der Waals surface area contributed by atoms with Crippen molar-refractivity contribution < 1.29 is 4.39 Å². The van der Waals surface area contributed by atoms with Crippen molar-refractivity contribution >= 4 is 11.0 Å². The summed E-state index contributed by atoms with van der Waals surface area (Å²) in [5, 5.41) is 0. The molecule has 0 radical (unpaired) electrons. The second kappa shape index (κ2) is 6.13. The lowest BCUT2D eigenvalue weighted by Crippen LogP contribution is -2.01. The number of hydrogen-bond donors (Lipinski definition) is 0. The molecule has 0 aliphatic rings. The van der Waals surface area contributed by atoms with Crippen LogP contribution < -0.4 is 0 Å². The Morgan fingerprint density at radius 2 is 1.92 bits per heavy atom. The average molecular weight is 331 g/mol. The molecule has 1 aromatic carbocycles. The highest BCUT2D eigenvalue weighted by atomic mass is 19.1. The third-order valence-corrected chi connectivity index (χ3v) is 4.40. The fourth-order valence-corrected chi connectivity index (χ4v) is 3.15. The first-order valence-electron chi connectivity index (χ1n) is 8.25. The molecule has 3 nitrogen and oxygen atoms in total. The highest BCUT2D eigenvalue weighted by molar-refractivity contribution is 5.79. The van der Waals surface area contributed by atoms with Crippen molar-refractivity contribution in [3.8, 4) is 11.3 Å². The fourth-order valence-electron chi connectivity index (χ4n) is 3.15. The molecule has 25 heavy (non-hydrogen) atoms. The fraction of sp³-hybridized carbons (Fsp3) is 0.143. The van der Waals surface area contributed by atoms with Crippen molar-refractivity contribution in [2.45, 2.75) is 20.4 Å². The van der Waals surface area contributed by atoms with Crippen LogP contribution in [0.15, 0.2) is 60.9 Å². The molecule has 0 fully saturated rings. The summed E-state index contributed by atoms with van der Waals surface area (Å²) in [5.41, 5.74) is 6.22. The van der Waals surface area contributed by atoms with E-state index in [0.29, 0.717) is 12.1 Å². The molecule has 0 unspecified atom stereocenters. The molecule has 4 aromatic rings. The summed E-state index contributed by atoms with van der Waals surface area (Å²) in [5.74, 6) is -0.218. The van der Waals surface area contributed by atoms with E-state index in [4.69, 9.17) is 0 Å². The summed E-state index contributed by atoms with van der Waals surface area (Å²) in [7, 11) is 0. The van der Waals surface area contributed by atoms with Gasteiger partial charge in [-0.1, -0.05) is 18.2 Å². The smallest absolute Gasteiger partial charge is 0.128 e. The van der Waals surface area contributed by atoms with E-state index < -0.39 is 0 Å². The maximum atomic E-state index is 14.7. The Bertz CT molecular complexity index is 1070. The van der Waals surface area contributed by atoms with Gasteiger partial charge in [-0.3, -0.25) is 9.97 Å². The molecule has 3 heterocycles. The molecule has 0 saturated heterocycles. The summed E-state index contributed by atoms with van der Waals surface area (Å²) in [4.78, 5) is 8.87. The number of halogens is 1. The van der Waals surface area contributed by atoms with E-state index in [-0.39, 0.29) is 5.82 Å². The van der Waals surface area contributed by atoms with Gasteiger partial charge in [0.25, 0.3) is 0 Å². The van der Waals surface area contributed by atoms with Crippen LogP contribution >= 0.6 is 0 Å². The first-order valence-corrected chi connectivity index (χ1v) is 8.25. The lowest BCUT2D eigenvalue weighted by Gasteiger charge is -2.09. The van der Waals surface area contributed by atoms with Crippen LogP contribution in [0.3, 0.4) is 0 Å². The number of rotatable bonds is 3. The molecule has 124 valence electrons. The van der Waals surface area contributed by atoms with Gasteiger partial charge >= 0.3 is 0 Å². The van der Waals surface area contributed by atoms with Crippen LogP contribution in [0.4, 0.5) is 4.39 Å². The summed E-state index contributed by atoms with van der Waals surface area (Å²) in [6.45, 7) is 4.43. The zero-order chi connectivity index (χ0) is 17.4. The molecule has 0 N–H and O–H groups in total. The normalized spacial score (nSPS) is 11.2. The molecule has 3 aromatic heterocycles. The van der Waals surface area contributed by atoms with Crippen LogP contribution in [-0.4, -0.2) is 14.5 Å². The predicted molar refractivity (Wildman–Crippen MR) is 97.9 cm³/mol. The average Bonchev–Trinajstić information content (AvgIpc) is 2.93. The Kier molecular flexibility index (Phi) is 3.80. The maximum absolute atomic E-state index is 14.7. The quantitative estimate of drug-likeness (QED) is 0.534. The largest absolute Gasteiger partial charge is 0.341 e. The number of hydrogen-bond acceptors (Lipinski definition) is 2. The van der Waals surface area contributed by atoms with Gasteiger partial charge in [-0.05, 0) is 49.7 Å². The third kappa shape index (κ3) is 2.91. The Balaban J connectivity index is 1.69. The second-order valence-corrected chi connectivity index (χ2v) is 6.28. The molecule has 0 spiro atoms. The summed E-state index contributed by atoms with van der Waals surface area (Å²) >= 11 is 0. The molecular formula is C21H18FN3. The molecule has 0 aliphatic heterocycles. The van der Waals surface area contributed by atoms with Crippen LogP contribution in [0, 0.1) is 19.7 Å². The zero-order valence-corrected chi connectivity index (χ0v) is 14.2. The summed E-state index contributed by atoms with van der Waals surface area (Å²) in [6.07, 6.45) is 3.80. The van der Waals surface area contributed by atoms with E-state index in [1.165, 1.54) is 0 Å². The van der Waals surface area contributed by atoms with Gasteiger partial charge in [-0.15, -0.1) is 0 Å². The highest BCUT2D eigenvalue weighted by Gasteiger charge is 2.10. The van der Waals surface area contributed by atoms with E-state index in [9.17, 15) is 4.39 Å². The standard InChI is InChI=1S/C21H18FN3/c1-14-12-25(20-7-4-10-23-21(14)20)13-17-9-8-16(11-18(17)22)19-6-3-5-15(2)24-19/h3-12H,13H2,1-2H3. The van der Waals surface area contributed by atoms with Crippen molar-refractivity contribution in [1.29, 1.82) is 0 Å². The van der Waals surface area contributed by atoms with Gasteiger partial charge in [0.05, 0.1) is 23.3 Å². The Morgan fingerprint density at radius 1 is 1.04 bits per heavy atom. The molecule has 4 heteroatoms. The molecule has 0 aliphatic carbocycles. The molecule has 0 saturated carbocycles. The summed E-state index contributed by atoms with van der Waals surface area (Å²) < 4.78 is 16.7. The van der Waals surface area contributed by atoms with Gasteiger partial charge in [-0.25, -0.2) is 4.39 Å². The minimum atomic E-state index is -0.218. The Labute approximate surface area is 145 Å². The first kappa shape index (κ1) is 15.5. The summed E-state index contributed by atoms with van der Waals surface area (Å²) in [6, 6.07) is 15.0. The van der Waals surface area contributed by atoms with Gasteiger partial charge in [-0.2, -0.15) is 0 Å². The second-order valence-electron chi connectivity index (χ2n) is 6.28. The van der Waals surface area contributed by atoms with E-state index in [1.54, 1.807) is 12.3 Å². The number of pyridine rings is 2. The number of aryl methyl sites for hydroxylation is 2. The third-order valence-electron chi connectivity index (χ3n) is 4.40. The minimum absolute atomic E-state index is 0.218. The molecule has 0 bridgehead atoms. The molecule has 0 amide bonds. The Morgan fingerprint density at radius 3 is 2.72 bits per heavy atom.